The average molecular weight is 493 g/mol. The summed E-state index contributed by atoms with van der Waals surface area (Å²) in [5, 5.41) is 0. The quantitative estimate of drug-likeness (QED) is 0.141. The van der Waals surface area contributed by atoms with Crippen LogP contribution in [0.3, 0.4) is 0 Å². The maximum Gasteiger partial charge on any atom is 0.339 e. The van der Waals surface area contributed by atoms with Crippen LogP contribution in [0.15, 0.2) is 121 Å². The third-order valence-electron chi connectivity index (χ3n) is 5.91. The molecule has 2 atom stereocenters. The van der Waals surface area contributed by atoms with Crippen molar-refractivity contribution in [1.29, 1.82) is 0 Å². The van der Waals surface area contributed by atoms with Gasteiger partial charge in [0.2, 0.25) is 0 Å². The van der Waals surface area contributed by atoms with E-state index in [1.54, 1.807) is 43.5 Å². The number of ether oxygens (including phenoxy) is 3. The summed E-state index contributed by atoms with van der Waals surface area (Å²) >= 11 is 0. The lowest BCUT2D eigenvalue weighted by Crippen LogP contribution is -2.23. The number of esters is 1. The van der Waals surface area contributed by atoms with Crippen LogP contribution >= 0.6 is 0 Å². The molecule has 0 aromatic heterocycles. The van der Waals surface area contributed by atoms with Crippen molar-refractivity contribution < 1.29 is 23.8 Å². The molecule has 0 saturated heterocycles. The molecule has 0 radical (unpaired) electrons. The second-order valence-electron chi connectivity index (χ2n) is 8.31. The fourth-order valence-electron chi connectivity index (χ4n) is 4.00. The van der Waals surface area contributed by atoms with Crippen LogP contribution in [0.25, 0.3) is 6.08 Å². The summed E-state index contributed by atoms with van der Waals surface area (Å²) in [6.45, 7) is 0. The lowest BCUT2D eigenvalue weighted by atomic mass is 9.92. The van der Waals surface area contributed by atoms with Crippen LogP contribution < -0.4 is 4.74 Å². The summed E-state index contributed by atoms with van der Waals surface area (Å²) in [7, 11) is 2.89. The van der Waals surface area contributed by atoms with Gasteiger partial charge in [-0.2, -0.15) is 0 Å². The van der Waals surface area contributed by atoms with Crippen molar-refractivity contribution in [1.82, 2.24) is 0 Å². The zero-order chi connectivity index (χ0) is 26.0. The predicted octanol–water partition coefficient (Wildman–Crippen LogP) is 6.63. The van der Waals surface area contributed by atoms with Crippen molar-refractivity contribution in [3.05, 3.63) is 143 Å². The second-order valence-corrected chi connectivity index (χ2v) is 8.31. The lowest BCUT2D eigenvalue weighted by molar-refractivity contribution is -0.157. The topological polar surface area (TPSA) is 61.8 Å². The molecular formula is C32H28O5. The number of hydrogen-bond acceptors (Lipinski definition) is 5. The van der Waals surface area contributed by atoms with E-state index in [1.807, 2.05) is 84.9 Å². The number of Topliss-reactive ketones (excluding diaryl/α,β-unsaturated/α-hetero) is 1. The van der Waals surface area contributed by atoms with Crippen molar-refractivity contribution in [3.8, 4) is 5.75 Å². The Kier molecular flexibility index (Phi) is 8.63. The van der Waals surface area contributed by atoms with E-state index >= 15 is 0 Å². The second kappa shape index (κ2) is 12.5. The number of carbonyl (C=O) groups is 2. The third kappa shape index (κ3) is 6.40. The minimum atomic E-state index is -1.08. The molecule has 0 saturated carbocycles. The first-order valence-electron chi connectivity index (χ1n) is 11.9. The Morgan fingerprint density at radius 1 is 0.649 bits per heavy atom. The predicted molar refractivity (Wildman–Crippen MR) is 143 cm³/mol. The van der Waals surface area contributed by atoms with E-state index in [2.05, 4.69) is 0 Å². The maximum atomic E-state index is 13.9. The largest absolute Gasteiger partial charge is 0.497 e. The molecule has 0 heterocycles. The molecule has 5 heteroatoms. The smallest absolute Gasteiger partial charge is 0.339 e. The molecule has 4 aromatic rings. The van der Waals surface area contributed by atoms with E-state index < -0.39 is 18.2 Å². The molecule has 4 aromatic carbocycles. The Balaban J connectivity index is 1.85. The number of rotatable bonds is 10. The van der Waals surface area contributed by atoms with Gasteiger partial charge in [0.1, 0.15) is 11.9 Å². The lowest BCUT2D eigenvalue weighted by Gasteiger charge is -2.26. The van der Waals surface area contributed by atoms with Crippen LogP contribution in [0, 0.1) is 0 Å². The molecule has 5 nitrogen and oxygen atoms in total. The van der Waals surface area contributed by atoms with Crippen LogP contribution in [0.5, 0.6) is 5.75 Å². The van der Waals surface area contributed by atoms with Gasteiger partial charge >= 0.3 is 5.97 Å². The van der Waals surface area contributed by atoms with E-state index in [-0.39, 0.29) is 5.78 Å². The van der Waals surface area contributed by atoms with Crippen LogP contribution in [-0.4, -0.2) is 26.0 Å². The van der Waals surface area contributed by atoms with Gasteiger partial charge in [-0.05, 0) is 34.9 Å². The SMILES string of the molecule is COC(=O)[C@@H](O[C@@H](/C(=C\c1ccccc1)C(=O)c1ccccc1)c1ccccc1)c1ccc(OC)cc1. The highest BCUT2D eigenvalue weighted by atomic mass is 16.6. The van der Waals surface area contributed by atoms with E-state index in [0.29, 0.717) is 22.4 Å². The van der Waals surface area contributed by atoms with Gasteiger partial charge in [0, 0.05) is 11.1 Å². The normalized spacial score (nSPS) is 12.9. The van der Waals surface area contributed by atoms with Crippen LogP contribution in [0.2, 0.25) is 0 Å². The summed E-state index contributed by atoms with van der Waals surface area (Å²) in [4.78, 5) is 26.9. The van der Waals surface area contributed by atoms with Crippen molar-refractivity contribution >= 4 is 17.8 Å². The summed E-state index contributed by atoms with van der Waals surface area (Å²) < 4.78 is 16.9. The average Bonchev–Trinajstić information content (AvgIpc) is 2.97. The van der Waals surface area contributed by atoms with Gasteiger partial charge in [-0.3, -0.25) is 4.79 Å². The molecule has 0 amide bonds. The molecule has 0 bridgehead atoms. The molecule has 0 N–H and O–H groups in total. The molecule has 4 rings (SSSR count). The zero-order valence-electron chi connectivity index (χ0n) is 20.7. The van der Waals surface area contributed by atoms with E-state index in [9.17, 15) is 9.59 Å². The number of ketones is 1. The summed E-state index contributed by atoms with van der Waals surface area (Å²) in [5.74, 6) is -0.120. The Hall–Kier alpha value is -4.48. The van der Waals surface area contributed by atoms with E-state index in [4.69, 9.17) is 14.2 Å². The van der Waals surface area contributed by atoms with Gasteiger partial charge in [-0.15, -0.1) is 0 Å². The van der Waals surface area contributed by atoms with E-state index in [1.165, 1.54) is 7.11 Å². The molecular weight excluding hydrogens is 464 g/mol. The highest BCUT2D eigenvalue weighted by molar-refractivity contribution is 6.12. The molecule has 0 aliphatic carbocycles. The fourth-order valence-corrected chi connectivity index (χ4v) is 4.00. The fraction of sp³-hybridized carbons (Fsp3) is 0.125. The Morgan fingerprint density at radius 2 is 1.19 bits per heavy atom. The van der Waals surface area contributed by atoms with E-state index in [0.717, 1.165) is 11.1 Å². The van der Waals surface area contributed by atoms with Crippen LogP contribution in [-0.2, 0) is 14.3 Å². The first-order valence-corrected chi connectivity index (χ1v) is 11.9. The van der Waals surface area contributed by atoms with Crippen LogP contribution in [0.4, 0.5) is 0 Å². The van der Waals surface area contributed by atoms with Gasteiger partial charge < -0.3 is 14.2 Å². The van der Waals surface area contributed by atoms with Gasteiger partial charge in [0.05, 0.1) is 14.2 Å². The van der Waals surface area contributed by atoms with Crippen molar-refractivity contribution in [3.63, 3.8) is 0 Å². The Labute approximate surface area is 216 Å². The molecule has 0 aliphatic rings. The minimum absolute atomic E-state index is 0.198. The number of carbonyl (C=O) groups excluding carboxylic acids is 2. The van der Waals surface area contributed by atoms with Gasteiger partial charge in [-0.25, -0.2) is 4.79 Å². The minimum Gasteiger partial charge on any atom is -0.497 e. The standard InChI is InChI=1S/C32H28O5/c1-35-27-20-18-26(19-21-27)31(32(34)36-2)37-30(25-16-10-5-11-17-25)28(22-23-12-6-3-7-13-23)29(33)24-14-8-4-9-15-24/h3-22,30-31H,1-2H3/b28-22-/t30-,31+/m1/s1. The summed E-state index contributed by atoms with van der Waals surface area (Å²) in [6.07, 6.45) is -0.126. The third-order valence-corrected chi connectivity index (χ3v) is 5.91. The Morgan fingerprint density at radius 3 is 1.76 bits per heavy atom. The zero-order valence-corrected chi connectivity index (χ0v) is 20.7. The highest BCUT2D eigenvalue weighted by Crippen LogP contribution is 2.36. The first-order chi connectivity index (χ1) is 18.1. The van der Waals surface area contributed by atoms with Gasteiger partial charge in [0.15, 0.2) is 11.9 Å². The maximum absolute atomic E-state index is 13.9. The van der Waals surface area contributed by atoms with Gasteiger partial charge in [0.25, 0.3) is 0 Å². The number of hydrogen-bond donors (Lipinski definition) is 0. The first kappa shape index (κ1) is 25.6. The van der Waals surface area contributed by atoms with Crippen molar-refractivity contribution in [2.75, 3.05) is 14.2 Å². The molecule has 0 fully saturated rings. The van der Waals surface area contributed by atoms with Crippen molar-refractivity contribution in [2.45, 2.75) is 12.2 Å². The van der Waals surface area contributed by atoms with Gasteiger partial charge in [-0.1, -0.05) is 103 Å². The summed E-state index contributed by atoms with van der Waals surface area (Å²) in [5.41, 5.74) is 3.07. The number of benzene rings is 4. The van der Waals surface area contributed by atoms with Crippen molar-refractivity contribution in [2.24, 2.45) is 0 Å². The number of methoxy groups -OCH3 is 2. The summed E-state index contributed by atoms with van der Waals surface area (Å²) in [6, 6.07) is 35.0. The highest BCUT2D eigenvalue weighted by Gasteiger charge is 2.32. The molecule has 0 aliphatic heterocycles. The molecule has 0 unspecified atom stereocenters. The van der Waals surface area contributed by atoms with Crippen LogP contribution in [0.1, 0.15) is 39.3 Å². The molecule has 186 valence electrons. The molecule has 37 heavy (non-hydrogen) atoms. The molecule has 0 spiro atoms. The Bertz CT molecular complexity index is 1330. The monoisotopic (exact) mass is 492 g/mol.